The van der Waals surface area contributed by atoms with Gasteiger partial charge in [0.2, 0.25) is 10.0 Å². The average Bonchev–Trinajstić information content (AvgIpc) is 2.78. The lowest BCUT2D eigenvalue weighted by molar-refractivity contribution is 0.381. The van der Waals surface area contributed by atoms with E-state index in [0.717, 1.165) is 22.9 Å². The Morgan fingerprint density at radius 1 is 1.00 bits per heavy atom. The summed E-state index contributed by atoms with van der Waals surface area (Å²) < 4.78 is 55.6. The van der Waals surface area contributed by atoms with E-state index in [4.69, 9.17) is 0 Å². The number of hydrogen-bond donors (Lipinski definition) is 0. The van der Waals surface area contributed by atoms with Crippen molar-refractivity contribution in [3.63, 3.8) is 0 Å². The second-order valence-electron chi connectivity index (χ2n) is 7.95. The SMILES string of the molecule is CC(C)S(=O)(=O)N1CCN(c2cnn(-c3ccccn3)c(=O)c2-c2cc(F)cc(F)c2)CC1. The van der Waals surface area contributed by atoms with E-state index >= 15 is 0 Å². The maximum Gasteiger partial charge on any atom is 0.282 e. The second-order valence-corrected chi connectivity index (χ2v) is 10.4. The molecule has 1 fully saturated rings. The first-order valence-corrected chi connectivity index (χ1v) is 11.9. The van der Waals surface area contributed by atoms with E-state index in [2.05, 4.69) is 10.1 Å². The molecule has 174 valence electrons. The predicted molar refractivity (Wildman–Crippen MR) is 121 cm³/mol. The summed E-state index contributed by atoms with van der Waals surface area (Å²) in [5, 5.41) is 3.69. The van der Waals surface area contributed by atoms with Crippen LogP contribution in [0.3, 0.4) is 0 Å². The van der Waals surface area contributed by atoms with Crippen LogP contribution < -0.4 is 10.5 Å². The van der Waals surface area contributed by atoms with Crippen LogP contribution in [0.25, 0.3) is 16.9 Å². The summed E-state index contributed by atoms with van der Waals surface area (Å²) in [5.41, 5.74) is -0.0850. The molecule has 0 radical (unpaired) electrons. The van der Waals surface area contributed by atoms with E-state index in [1.54, 1.807) is 32.0 Å². The second kappa shape index (κ2) is 8.99. The molecule has 0 unspecified atom stereocenters. The number of hydrogen-bond acceptors (Lipinski definition) is 6. The Bertz CT molecular complexity index is 1300. The normalized spacial score (nSPS) is 15.2. The van der Waals surface area contributed by atoms with Gasteiger partial charge in [0.15, 0.2) is 5.82 Å². The molecule has 1 saturated heterocycles. The number of aromatic nitrogens is 3. The van der Waals surface area contributed by atoms with Gasteiger partial charge in [-0.25, -0.2) is 22.2 Å². The van der Waals surface area contributed by atoms with Crippen molar-refractivity contribution in [2.24, 2.45) is 0 Å². The van der Waals surface area contributed by atoms with E-state index in [1.807, 2.05) is 4.90 Å². The number of rotatable bonds is 5. The highest BCUT2D eigenvalue weighted by molar-refractivity contribution is 7.89. The van der Waals surface area contributed by atoms with Crippen LogP contribution in [0.4, 0.5) is 14.5 Å². The first-order valence-electron chi connectivity index (χ1n) is 10.4. The molecule has 3 heterocycles. The topological polar surface area (TPSA) is 88.4 Å². The standard InChI is InChI=1S/C22H23F2N5O3S/c1-15(2)33(31,32)28-9-7-27(8-10-28)19-14-26-29(20-5-3-4-6-25-20)22(30)21(19)16-11-17(23)13-18(24)12-16/h3-6,11-15H,7-10H2,1-2H3. The molecule has 8 nitrogen and oxygen atoms in total. The van der Waals surface area contributed by atoms with Crippen LogP contribution in [0.5, 0.6) is 0 Å². The molecule has 0 amide bonds. The van der Waals surface area contributed by atoms with Crippen molar-refractivity contribution < 1.29 is 17.2 Å². The monoisotopic (exact) mass is 475 g/mol. The number of pyridine rings is 1. The summed E-state index contributed by atoms with van der Waals surface area (Å²) in [6, 6.07) is 7.89. The number of sulfonamides is 1. The Morgan fingerprint density at radius 2 is 1.67 bits per heavy atom. The largest absolute Gasteiger partial charge is 0.367 e. The van der Waals surface area contributed by atoms with Crippen molar-refractivity contribution in [3.8, 4) is 16.9 Å². The van der Waals surface area contributed by atoms with Crippen LogP contribution in [0.15, 0.2) is 53.6 Å². The highest BCUT2D eigenvalue weighted by atomic mass is 32.2. The Balaban J connectivity index is 1.79. The predicted octanol–water partition coefficient (Wildman–Crippen LogP) is 2.43. The van der Waals surface area contributed by atoms with E-state index < -0.39 is 32.5 Å². The lowest BCUT2D eigenvalue weighted by atomic mass is 10.0. The van der Waals surface area contributed by atoms with Crippen molar-refractivity contribution in [3.05, 3.63) is 70.8 Å². The molecular formula is C22H23F2N5O3S. The lowest BCUT2D eigenvalue weighted by Crippen LogP contribution is -2.50. The van der Waals surface area contributed by atoms with Crippen molar-refractivity contribution >= 4 is 15.7 Å². The van der Waals surface area contributed by atoms with Crippen LogP contribution in [0.1, 0.15) is 13.8 Å². The van der Waals surface area contributed by atoms with Gasteiger partial charge in [-0.3, -0.25) is 4.79 Å². The minimum atomic E-state index is -3.41. The first kappa shape index (κ1) is 23.0. The maximum atomic E-state index is 14.0. The van der Waals surface area contributed by atoms with Gasteiger partial charge in [-0.15, -0.1) is 0 Å². The molecule has 1 aliphatic heterocycles. The van der Waals surface area contributed by atoms with Crippen molar-refractivity contribution in [1.29, 1.82) is 0 Å². The molecule has 1 aliphatic rings. The van der Waals surface area contributed by atoms with E-state index in [0.29, 0.717) is 18.8 Å². The first-order chi connectivity index (χ1) is 15.7. The third-order valence-electron chi connectivity index (χ3n) is 5.51. The van der Waals surface area contributed by atoms with Gasteiger partial charge >= 0.3 is 0 Å². The number of piperazine rings is 1. The summed E-state index contributed by atoms with van der Waals surface area (Å²) >= 11 is 0. The maximum absolute atomic E-state index is 14.0. The molecule has 2 aromatic heterocycles. The zero-order valence-electron chi connectivity index (χ0n) is 18.1. The molecule has 0 N–H and O–H groups in total. The van der Waals surface area contributed by atoms with Gasteiger partial charge in [-0.1, -0.05) is 6.07 Å². The van der Waals surface area contributed by atoms with Crippen LogP contribution in [0.2, 0.25) is 0 Å². The molecule has 11 heteroatoms. The van der Waals surface area contributed by atoms with Gasteiger partial charge in [0.25, 0.3) is 5.56 Å². The fourth-order valence-corrected chi connectivity index (χ4v) is 5.05. The van der Waals surface area contributed by atoms with Gasteiger partial charge < -0.3 is 4.90 Å². The van der Waals surface area contributed by atoms with Gasteiger partial charge in [0, 0.05) is 38.4 Å². The van der Waals surface area contributed by atoms with Gasteiger partial charge in [-0.05, 0) is 43.7 Å². The fourth-order valence-electron chi connectivity index (χ4n) is 3.78. The number of nitrogens with zero attached hydrogens (tertiary/aromatic N) is 5. The van der Waals surface area contributed by atoms with E-state index in [1.165, 1.54) is 16.7 Å². The van der Waals surface area contributed by atoms with Crippen molar-refractivity contribution in [2.45, 2.75) is 19.1 Å². The molecule has 0 bridgehead atoms. The molecule has 33 heavy (non-hydrogen) atoms. The van der Waals surface area contributed by atoms with Crippen LogP contribution in [-0.4, -0.2) is 58.9 Å². The summed E-state index contributed by atoms with van der Waals surface area (Å²) in [5.74, 6) is -1.37. The highest BCUT2D eigenvalue weighted by Crippen LogP contribution is 2.30. The fraction of sp³-hybridized carbons (Fsp3) is 0.318. The Morgan fingerprint density at radius 3 is 2.24 bits per heavy atom. The summed E-state index contributed by atoms with van der Waals surface area (Å²) in [7, 11) is -3.41. The molecule has 0 atom stereocenters. The average molecular weight is 476 g/mol. The van der Waals surface area contributed by atoms with Crippen molar-refractivity contribution in [2.75, 3.05) is 31.1 Å². The Hall–Kier alpha value is -3.18. The quantitative estimate of drug-likeness (QED) is 0.563. The van der Waals surface area contributed by atoms with Gasteiger partial charge in [0.05, 0.1) is 22.7 Å². The molecular weight excluding hydrogens is 452 g/mol. The third-order valence-corrected chi connectivity index (χ3v) is 7.79. The molecule has 4 rings (SSSR count). The van der Waals surface area contributed by atoms with E-state index in [9.17, 15) is 22.0 Å². The Labute approximate surface area is 190 Å². The van der Waals surface area contributed by atoms with E-state index in [-0.39, 0.29) is 30.0 Å². The molecule has 1 aromatic carbocycles. The molecule has 3 aromatic rings. The summed E-state index contributed by atoms with van der Waals surface area (Å²) in [6.45, 7) is 4.29. The third kappa shape index (κ3) is 4.51. The van der Waals surface area contributed by atoms with Gasteiger partial charge in [0.1, 0.15) is 11.6 Å². The lowest BCUT2D eigenvalue weighted by Gasteiger charge is -2.36. The van der Waals surface area contributed by atoms with Gasteiger partial charge in [-0.2, -0.15) is 14.1 Å². The number of anilines is 1. The summed E-state index contributed by atoms with van der Waals surface area (Å²) in [6.07, 6.45) is 2.95. The zero-order valence-corrected chi connectivity index (χ0v) is 19.0. The zero-order chi connectivity index (χ0) is 23.8. The summed E-state index contributed by atoms with van der Waals surface area (Å²) in [4.78, 5) is 19.4. The van der Waals surface area contributed by atoms with Crippen LogP contribution >= 0.6 is 0 Å². The molecule has 0 saturated carbocycles. The minimum Gasteiger partial charge on any atom is -0.367 e. The minimum absolute atomic E-state index is 0.0641. The number of halogens is 2. The highest BCUT2D eigenvalue weighted by Gasteiger charge is 2.31. The van der Waals surface area contributed by atoms with Crippen LogP contribution in [-0.2, 0) is 10.0 Å². The molecule has 0 aliphatic carbocycles. The Kier molecular flexibility index (Phi) is 6.26. The molecule has 0 spiro atoms. The van der Waals surface area contributed by atoms with Crippen molar-refractivity contribution in [1.82, 2.24) is 19.1 Å². The smallest absolute Gasteiger partial charge is 0.282 e. The number of benzene rings is 1. The van der Waals surface area contributed by atoms with Crippen LogP contribution in [0, 0.1) is 11.6 Å².